The molecule has 1 amide bonds. The Labute approximate surface area is 245 Å². The van der Waals surface area contributed by atoms with Gasteiger partial charge < -0.3 is 9.47 Å². The molecular formula is C31H31N5O5S. The lowest BCUT2D eigenvalue weighted by Gasteiger charge is -2.15. The average molecular weight is 586 g/mol. The fourth-order valence-electron chi connectivity index (χ4n) is 3.77. The van der Waals surface area contributed by atoms with Gasteiger partial charge in [-0.15, -0.1) is 0 Å². The van der Waals surface area contributed by atoms with Crippen LogP contribution in [-0.2, 0) is 14.8 Å². The molecule has 0 fully saturated rings. The summed E-state index contributed by atoms with van der Waals surface area (Å²) in [6.07, 6.45) is 2.21. The molecule has 0 aliphatic heterocycles. The van der Waals surface area contributed by atoms with Crippen molar-refractivity contribution in [1.29, 1.82) is 0 Å². The largest absolute Gasteiger partial charge is 0.464 e. The van der Waals surface area contributed by atoms with Crippen LogP contribution in [0.15, 0.2) is 84.3 Å². The highest BCUT2D eigenvalue weighted by Gasteiger charge is 2.22. The molecule has 0 radical (unpaired) electrons. The van der Waals surface area contributed by atoms with Crippen LogP contribution in [0.25, 0.3) is 11.1 Å². The number of rotatable bonds is 9. The summed E-state index contributed by atoms with van der Waals surface area (Å²) in [5.74, 6) is 5.90. The van der Waals surface area contributed by atoms with E-state index >= 15 is 0 Å². The monoisotopic (exact) mass is 585 g/mol. The third-order valence-corrected chi connectivity index (χ3v) is 7.43. The number of sulfonamides is 1. The van der Waals surface area contributed by atoms with Gasteiger partial charge in [0.2, 0.25) is 5.88 Å². The second-order valence-electron chi connectivity index (χ2n) is 9.55. The number of hydrogen-bond acceptors (Lipinski definition) is 8. The SMILES string of the molecule is Cc1ccc(-c2c(NS(=O)(=O)c3ccc(C(C)C)cn3)ncnc2OCC#CCOC(=O)N(C)c2ccccc2)cc1. The van der Waals surface area contributed by atoms with Crippen LogP contribution in [0.3, 0.4) is 0 Å². The molecule has 1 N–H and O–H groups in total. The first-order valence-electron chi connectivity index (χ1n) is 13.1. The van der Waals surface area contributed by atoms with Crippen molar-refractivity contribution in [2.75, 3.05) is 29.9 Å². The van der Waals surface area contributed by atoms with Gasteiger partial charge in [0.25, 0.3) is 10.0 Å². The van der Waals surface area contributed by atoms with Gasteiger partial charge in [0.15, 0.2) is 24.1 Å². The number of carbonyl (C=O) groups is 1. The maximum atomic E-state index is 13.2. The van der Waals surface area contributed by atoms with E-state index in [0.717, 1.165) is 11.1 Å². The molecule has 11 heteroatoms. The molecule has 216 valence electrons. The van der Waals surface area contributed by atoms with E-state index in [0.29, 0.717) is 16.8 Å². The molecule has 2 aromatic carbocycles. The molecule has 0 saturated heterocycles. The van der Waals surface area contributed by atoms with Crippen molar-refractivity contribution in [2.24, 2.45) is 0 Å². The molecule has 0 aliphatic carbocycles. The van der Waals surface area contributed by atoms with Crippen LogP contribution >= 0.6 is 0 Å². The van der Waals surface area contributed by atoms with E-state index in [4.69, 9.17) is 9.47 Å². The van der Waals surface area contributed by atoms with Gasteiger partial charge >= 0.3 is 6.09 Å². The van der Waals surface area contributed by atoms with Crippen LogP contribution in [0.2, 0.25) is 0 Å². The second-order valence-corrected chi connectivity index (χ2v) is 11.2. The normalized spacial score (nSPS) is 10.9. The van der Waals surface area contributed by atoms with E-state index in [-0.39, 0.29) is 35.9 Å². The highest BCUT2D eigenvalue weighted by atomic mass is 32.2. The summed E-state index contributed by atoms with van der Waals surface area (Å²) in [6, 6.07) is 19.7. The molecule has 2 aromatic heterocycles. The molecule has 0 saturated carbocycles. The number of benzene rings is 2. The number of anilines is 2. The molecular weight excluding hydrogens is 554 g/mol. The molecule has 4 rings (SSSR count). The first-order valence-corrected chi connectivity index (χ1v) is 14.6. The number of nitrogens with zero attached hydrogens (tertiary/aromatic N) is 4. The summed E-state index contributed by atoms with van der Waals surface area (Å²) in [5.41, 5.74) is 3.63. The van der Waals surface area contributed by atoms with E-state index in [2.05, 4.69) is 31.5 Å². The number of aromatic nitrogens is 3. The number of pyridine rings is 1. The number of para-hydroxylation sites is 1. The van der Waals surface area contributed by atoms with E-state index in [1.54, 1.807) is 31.4 Å². The maximum Gasteiger partial charge on any atom is 0.414 e. The Kier molecular flexibility index (Phi) is 9.73. The van der Waals surface area contributed by atoms with Gasteiger partial charge in [-0.2, -0.15) is 8.42 Å². The first-order chi connectivity index (χ1) is 20.2. The molecule has 2 heterocycles. The van der Waals surface area contributed by atoms with Crippen LogP contribution in [0, 0.1) is 18.8 Å². The Morgan fingerprint density at radius 1 is 0.952 bits per heavy atom. The fraction of sp³-hybridized carbons (Fsp3) is 0.226. The first kappa shape index (κ1) is 30.0. The topological polar surface area (TPSA) is 124 Å². The third-order valence-electron chi connectivity index (χ3n) is 6.18. The van der Waals surface area contributed by atoms with E-state index in [9.17, 15) is 13.2 Å². The molecule has 0 aliphatic rings. The molecule has 0 spiro atoms. The van der Waals surface area contributed by atoms with Crippen molar-refractivity contribution < 1.29 is 22.7 Å². The van der Waals surface area contributed by atoms with Crippen molar-refractivity contribution in [3.8, 4) is 28.8 Å². The highest BCUT2D eigenvalue weighted by Crippen LogP contribution is 2.35. The lowest BCUT2D eigenvalue weighted by molar-refractivity contribution is 0.169. The van der Waals surface area contributed by atoms with Gasteiger partial charge in [-0.3, -0.25) is 9.62 Å². The standard InChI is InChI=1S/C31H31N5O5S/c1-22(2)25-16-17-27(32-20-25)42(38,39)35-29-28(24-14-12-23(3)13-15-24)30(34-21-33-29)40-18-8-9-19-41-31(37)36(4)26-10-6-5-7-11-26/h5-7,10-17,20-22H,18-19H2,1-4H3,(H,33,34,35). The average Bonchev–Trinajstić information content (AvgIpc) is 2.99. The number of hydrogen-bond donors (Lipinski definition) is 1. The summed E-state index contributed by atoms with van der Waals surface area (Å²) in [5, 5.41) is -0.138. The Bertz CT molecular complexity index is 1680. The van der Waals surface area contributed by atoms with Gasteiger partial charge in [-0.1, -0.05) is 79.8 Å². The van der Waals surface area contributed by atoms with E-state index in [1.807, 2.05) is 63.2 Å². The Morgan fingerprint density at radius 3 is 2.33 bits per heavy atom. The van der Waals surface area contributed by atoms with Crippen LogP contribution in [0.5, 0.6) is 5.88 Å². The number of aryl methyl sites for hydroxylation is 1. The summed E-state index contributed by atoms with van der Waals surface area (Å²) in [4.78, 5) is 26.2. The zero-order valence-corrected chi connectivity index (χ0v) is 24.6. The Hall–Kier alpha value is -4.95. The number of ether oxygens (including phenoxy) is 2. The second kappa shape index (κ2) is 13.6. The van der Waals surface area contributed by atoms with Crippen molar-refractivity contribution in [1.82, 2.24) is 15.0 Å². The molecule has 4 aromatic rings. The van der Waals surface area contributed by atoms with Gasteiger partial charge in [-0.25, -0.2) is 19.7 Å². The van der Waals surface area contributed by atoms with Gasteiger partial charge in [0, 0.05) is 18.9 Å². The van der Waals surface area contributed by atoms with Crippen molar-refractivity contribution in [3.63, 3.8) is 0 Å². The van der Waals surface area contributed by atoms with E-state index in [1.165, 1.54) is 17.3 Å². The summed E-state index contributed by atoms with van der Waals surface area (Å²) < 4.78 is 40.0. The zero-order chi connectivity index (χ0) is 30.1. The molecule has 0 atom stereocenters. The van der Waals surface area contributed by atoms with E-state index < -0.39 is 16.1 Å². The third kappa shape index (κ3) is 7.62. The Balaban J connectivity index is 1.50. The van der Waals surface area contributed by atoms with Crippen LogP contribution in [0.4, 0.5) is 16.3 Å². The number of nitrogens with one attached hydrogen (secondary N) is 1. The van der Waals surface area contributed by atoms with Crippen molar-refractivity contribution >= 4 is 27.6 Å². The number of carbonyl (C=O) groups excluding carboxylic acids is 1. The molecule has 42 heavy (non-hydrogen) atoms. The zero-order valence-electron chi connectivity index (χ0n) is 23.7. The van der Waals surface area contributed by atoms with Crippen LogP contribution in [-0.4, -0.2) is 49.7 Å². The van der Waals surface area contributed by atoms with Gasteiger partial charge in [0.1, 0.15) is 6.33 Å². The lowest BCUT2D eigenvalue weighted by atomic mass is 10.1. The number of amides is 1. The molecule has 0 bridgehead atoms. The fourth-order valence-corrected chi connectivity index (χ4v) is 4.72. The van der Waals surface area contributed by atoms with Crippen molar-refractivity contribution in [2.45, 2.75) is 31.7 Å². The maximum absolute atomic E-state index is 13.2. The minimum Gasteiger partial charge on any atom is -0.464 e. The predicted molar refractivity (Wildman–Crippen MR) is 161 cm³/mol. The van der Waals surface area contributed by atoms with Gasteiger partial charge in [0.05, 0.1) is 5.56 Å². The Morgan fingerprint density at radius 2 is 1.67 bits per heavy atom. The van der Waals surface area contributed by atoms with Crippen LogP contribution < -0.4 is 14.4 Å². The quantitative estimate of drug-likeness (QED) is 0.258. The highest BCUT2D eigenvalue weighted by molar-refractivity contribution is 7.92. The molecule has 0 unspecified atom stereocenters. The van der Waals surface area contributed by atoms with Crippen LogP contribution in [0.1, 0.15) is 30.9 Å². The summed E-state index contributed by atoms with van der Waals surface area (Å²) in [7, 11) is -2.46. The molecule has 10 nitrogen and oxygen atoms in total. The minimum atomic E-state index is -4.07. The minimum absolute atomic E-state index is 0.0319. The smallest absolute Gasteiger partial charge is 0.414 e. The van der Waals surface area contributed by atoms with Crippen molar-refractivity contribution in [3.05, 3.63) is 90.4 Å². The summed E-state index contributed by atoms with van der Waals surface area (Å²) >= 11 is 0. The lowest BCUT2D eigenvalue weighted by Crippen LogP contribution is -2.27. The summed E-state index contributed by atoms with van der Waals surface area (Å²) in [6.45, 7) is 5.72. The van der Waals surface area contributed by atoms with Gasteiger partial charge in [-0.05, 0) is 42.2 Å². The predicted octanol–water partition coefficient (Wildman–Crippen LogP) is 5.43.